The first-order valence-corrected chi connectivity index (χ1v) is 11.3. The largest absolute Gasteiger partial charge is 0.497 e. The molecule has 0 aliphatic heterocycles. The van der Waals surface area contributed by atoms with Crippen molar-refractivity contribution in [2.24, 2.45) is 0 Å². The second-order valence-electron chi connectivity index (χ2n) is 8.11. The third kappa shape index (κ3) is 4.37. The van der Waals surface area contributed by atoms with Crippen LogP contribution in [0.3, 0.4) is 0 Å². The predicted octanol–water partition coefficient (Wildman–Crippen LogP) is 3.38. The number of anilines is 1. The number of methoxy groups -OCH3 is 1. The predicted molar refractivity (Wildman–Crippen MR) is 131 cm³/mol. The van der Waals surface area contributed by atoms with Crippen LogP contribution >= 0.6 is 0 Å². The second-order valence-corrected chi connectivity index (χ2v) is 8.11. The highest BCUT2D eigenvalue weighted by Gasteiger charge is 2.19. The SMILES string of the molecule is CCCc1noc(Cn2cnc3c4ccccc4n(CC(=O)Nc4cccc(OC)c4)c3c2=O)n1. The summed E-state index contributed by atoms with van der Waals surface area (Å²) < 4.78 is 13.6. The maximum Gasteiger partial charge on any atom is 0.278 e. The molecule has 178 valence electrons. The molecule has 0 bridgehead atoms. The summed E-state index contributed by atoms with van der Waals surface area (Å²) in [5.74, 6) is 1.29. The summed E-state index contributed by atoms with van der Waals surface area (Å²) in [4.78, 5) is 35.4. The van der Waals surface area contributed by atoms with Crippen LogP contribution in [0.25, 0.3) is 21.9 Å². The number of carbonyl (C=O) groups is 1. The number of carbonyl (C=O) groups excluding carboxylic acids is 1. The average Bonchev–Trinajstić information content (AvgIpc) is 3.44. The topological polar surface area (TPSA) is 117 Å². The Bertz CT molecular complexity index is 1580. The van der Waals surface area contributed by atoms with Gasteiger partial charge in [0.05, 0.1) is 19.0 Å². The van der Waals surface area contributed by atoms with Crippen LogP contribution < -0.4 is 15.6 Å². The molecule has 0 fully saturated rings. The molecule has 0 atom stereocenters. The van der Waals surface area contributed by atoms with Gasteiger partial charge in [-0.25, -0.2) is 4.98 Å². The molecule has 10 heteroatoms. The highest BCUT2D eigenvalue weighted by Crippen LogP contribution is 2.25. The Balaban J connectivity index is 1.52. The molecule has 0 aliphatic carbocycles. The Morgan fingerprint density at radius 1 is 1.17 bits per heavy atom. The van der Waals surface area contributed by atoms with Crippen LogP contribution in [0.2, 0.25) is 0 Å². The molecule has 5 aromatic rings. The summed E-state index contributed by atoms with van der Waals surface area (Å²) in [6, 6.07) is 14.6. The summed E-state index contributed by atoms with van der Waals surface area (Å²) in [5.41, 5.74) is 1.92. The fraction of sp³-hybridized carbons (Fsp3) is 0.240. The highest BCUT2D eigenvalue weighted by molar-refractivity contribution is 6.06. The summed E-state index contributed by atoms with van der Waals surface area (Å²) >= 11 is 0. The van der Waals surface area contributed by atoms with Gasteiger partial charge in [0.2, 0.25) is 11.8 Å². The first kappa shape index (κ1) is 22.3. The second kappa shape index (κ2) is 9.41. The van der Waals surface area contributed by atoms with E-state index in [-0.39, 0.29) is 24.6 Å². The first-order valence-electron chi connectivity index (χ1n) is 11.3. The van der Waals surface area contributed by atoms with Gasteiger partial charge in [-0.15, -0.1) is 0 Å². The Morgan fingerprint density at radius 2 is 2.03 bits per heavy atom. The molecular weight excluding hydrogens is 448 g/mol. The normalized spacial score (nSPS) is 11.3. The van der Waals surface area contributed by atoms with E-state index in [0.29, 0.717) is 40.6 Å². The Labute approximate surface area is 200 Å². The van der Waals surface area contributed by atoms with Crippen molar-refractivity contribution in [3.63, 3.8) is 0 Å². The third-order valence-corrected chi connectivity index (χ3v) is 5.68. The van der Waals surface area contributed by atoms with Crippen molar-refractivity contribution < 1.29 is 14.1 Å². The number of aryl methyl sites for hydroxylation is 1. The number of hydrogen-bond acceptors (Lipinski definition) is 7. The fourth-order valence-electron chi connectivity index (χ4n) is 4.10. The molecule has 5 rings (SSSR count). The maximum absolute atomic E-state index is 13.5. The van der Waals surface area contributed by atoms with Gasteiger partial charge < -0.3 is 19.1 Å². The van der Waals surface area contributed by atoms with E-state index >= 15 is 0 Å². The van der Waals surface area contributed by atoms with Crippen molar-refractivity contribution in [2.45, 2.75) is 32.9 Å². The molecule has 0 saturated heterocycles. The first-order chi connectivity index (χ1) is 17.1. The van der Waals surface area contributed by atoms with E-state index in [0.717, 1.165) is 17.3 Å². The molecule has 3 aromatic heterocycles. The van der Waals surface area contributed by atoms with E-state index in [1.807, 2.05) is 31.2 Å². The van der Waals surface area contributed by atoms with Crippen LogP contribution in [0.15, 0.2) is 64.2 Å². The molecule has 2 aromatic carbocycles. The van der Waals surface area contributed by atoms with Gasteiger partial charge in [0.1, 0.15) is 29.9 Å². The van der Waals surface area contributed by atoms with Gasteiger partial charge in [-0.3, -0.25) is 14.2 Å². The number of amides is 1. The molecule has 0 radical (unpaired) electrons. The van der Waals surface area contributed by atoms with Crippen LogP contribution in [0.1, 0.15) is 25.1 Å². The molecule has 3 heterocycles. The molecule has 0 aliphatic rings. The quantitative estimate of drug-likeness (QED) is 0.368. The van der Waals surface area contributed by atoms with E-state index in [1.54, 1.807) is 35.9 Å². The molecular formula is C25H24N6O4. The van der Waals surface area contributed by atoms with Crippen LogP contribution in [0, 0.1) is 0 Å². The number of ether oxygens (including phenoxy) is 1. The molecule has 0 unspecified atom stereocenters. The number of rotatable bonds is 8. The molecule has 10 nitrogen and oxygen atoms in total. The van der Waals surface area contributed by atoms with Crippen molar-refractivity contribution in [3.8, 4) is 5.75 Å². The lowest BCUT2D eigenvalue weighted by Gasteiger charge is -2.10. The minimum Gasteiger partial charge on any atom is -0.497 e. The van der Waals surface area contributed by atoms with E-state index in [9.17, 15) is 9.59 Å². The highest BCUT2D eigenvalue weighted by atomic mass is 16.5. The molecule has 1 amide bonds. The minimum absolute atomic E-state index is 0.0661. The zero-order valence-corrected chi connectivity index (χ0v) is 19.4. The maximum atomic E-state index is 13.5. The average molecular weight is 473 g/mol. The van der Waals surface area contributed by atoms with E-state index in [4.69, 9.17) is 9.26 Å². The lowest BCUT2D eigenvalue weighted by molar-refractivity contribution is -0.116. The number of nitrogens with one attached hydrogen (secondary N) is 1. The third-order valence-electron chi connectivity index (χ3n) is 5.68. The van der Waals surface area contributed by atoms with Crippen LogP contribution in [-0.2, 0) is 24.3 Å². The van der Waals surface area contributed by atoms with Gasteiger partial charge >= 0.3 is 0 Å². The molecule has 35 heavy (non-hydrogen) atoms. The van der Waals surface area contributed by atoms with Gasteiger partial charge in [0.25, 0.3) is 5.56 Å². The molecule has 0 spiro atoms. The standard InChI is InChI=1S/C25H24N6O4/c1-3-7-20-28-22(35-29-20)14-30-15-26-23-18-10-4-5-11-19(18)31(24(23)25(30)33)13-21(32)27-16-8-6-9-17(12-16)34-2/h4-6,8-12,15H,3,7,13-14H2,1-2H3,(H,27,32). The fourth-order valence-corrected chi connectivity index (χ4v) is 4.10. The van der Waals surface area contributed by atoms with Gasteiger partial charge in [0, 0.05) is 23.6 Å². The van der Waals surface area contributed by atoms with Crippen molar-refractivity contribution in [2.75, 3.05) is 12.4 Å². The summed E-state index contributed by atoms with van der Waals surface area (Å²) in [5, 5.41) is 7.61. The van der Waals surface area contributed by atoms with Crippen molar-refractivity contribution in [1.82, 2.24) is 24.3 Å². The lowest BCUT2D eigenvalue weighted by Crippen LogP contribution is -2.25. The smallest absolute Gasteiger partial charge is 0.278 e. The van der Waals surface area contributed by atoms with Crippen LogP contribution in [0.5, 0.6) is 5.75 Å². The van der Waals surface area contributed by atoms with Crippen LogP contribution in [0.4, 0.5) is 5.69 Å². The van der Waals surface area contributed by atoms with E-state index in [2.05, 4.69) is 20.4 Å². The van der Waals surface area contributed by atoms with Crippen molar-refractivity contribution >= 4 is 33.5 Å². The summed E-state index contributed by atoms with van der Waals surface area (Å²) in [6.07, 6.45) is 3.07. The van der Waals surface area contributed by atoms with E-state index < -0.39 is 0 Å². The Hall–Kier alpha value is -4.47. The van der Waals surface area contributed by atoms with Gasteiger partial charge in [0.15, 0.2) is 5.82 Å². The number of hydrogen-bond donors (Lipinski definition) is 1. The van der Waals surface area contributed by atoms with Gasteiger partial charge in [-0.2, -0.15) is 4.98 Å². The zero-order valence-electron chi connectivity index (χ0n) is 19.4. The van der Waals surface area contributed by atoms with E-state index in [1.165, 1.54) is 10.9 Å². The van der Waals surface area contributed by atoms with Crippen molar-refractivity contribution in [1.29, 1.82) is 0 Å². The number of benzene rings is 2. The summed E-state index contributed by atoms with van der Waals surface area (Å²) in [7, 11) is 1.57. The Kier molecular flexibility index (Phi) is 6.01. The summed E-state index contributed by atoms with van der Waals surface area (Å²) in [6.45, 7) is 2.06. The monoisotopic (exact) mass is 472 g/mol. The number of fused-ring (bicyclic) bond motifs is 3. The number of nitrogens with zero attached hydrogens (tertiary/aromatic N) is 5. The lowest BCUT2D eigenvalue weighted by atomic mass is 10.2. The minimum atomic E-state index is -0.296. The molecule has 0 saturated carbocycles. The van der Waals surface area contributed by atoms with Gasteiger partial charge in [-0.05, 0) is 24.6 Å². The van der Waals surface area contributed by atoms with Gasteiger partial charge in [-0.1, -0.05) is 36.3 Å². The van der Waals surface area contributed by atoms with Crippen LogP contribution in [-0.4, -0.2) is 37.3 Å². The zero-order chi connectivity index (χ0) is 24.4. The Morgan fingerprint density at radius 3 is 2.86 bits per heavy atom. The van der Waals surface area contributed by atoms with Crippen molar-refractivity contribution in [3.05, 3.63) is 76.9 Å². The number of para-hydroxylation sites is 1. The molecule has 1 N–H and O–H groups in total. The number of aromatic nitrogens is 5.